The number of methoxy groups -OCH3 is 2. The van der Waals surface area contributed by atoms with Crippen molar-refractivity contribution in [1.29, 1.82) is 0 Å². The van der Waals surface area contributed by atoms with Crippen molar-refractivity contribution in [3.8, 4) is 17.2 Å². The monoisotopic (exact) mass is 464 g/mol. The van der Waals surface area contributed by atoms with Gasteiger partial charge in [0, 0.05) is 13.1 Å². The summed E-state index contributed by atoms with van der Waals surface area (Å²) in [5.41, 5.74) is 1.50. The van der Waals surface area contributed by atoms with E-state index in [2.05, 4.69) is 5.32 Å². The molecule has 1 N–H and O–H groups in total. The van der Waals surface area contributed by atoms with Crippen LogP contribution in [-0.2, 0) is 14.8 Å². The van der Waals surface area contributed by atoms with Crippen molar-refractivity contribution < 1.29 is 27.4 Å². The molecule has 32 heavy (non-hydrogen) atoms. The Balaban J connectivity index is 2.02. The second kappa shape index (κ2) is 11.2. The smallest absolute Gasteiger partial charge is 0.258 e. The van der Waals surface area contributed by atoms with Gasteiger partial charge in [0.15, 0.2) is 18.1 Å². The molecule has 2 aromatic rings. The highest BCUT2D eigenvalue weighted by atomic mass is 32.2. The highest BCUT2D eigenvalue weighted by Gasteiger charge is 2.22. The van der Waals surface area contributed by atoms with Crippen molar-refractivity contribution in [2.75, 3.05) is 33.9 Å². The van der Waals surface area contributed by atoms with E-state index in [0.717, 1.165) is 5.56 Å². The maximum atomic E-state index is 12.7. The molecule has 176 valence electrons. The lowest BCUT2D eigenvalue weighted by atomic mass is 10.1. The molecule has 0 bridgehead atoms. The Bertz CT molecular complexity index is 1030. The number of amides is 1. The molecule has 0 saturated heterocycles. The highest BCUT2D eigenvalue weighted by molar-refractivity contribution is 7.89. The van der Waals surface area contributed by atoms with Crippen LogP contribution in [0.2, 0.25) is 0 Å². The fourth-order valence-electron chi connectivity index (χ4n) is 3.29. The van der Waals surface area contributed by atoms with Gasteiger partial charge >= 0.3 is 0 Å². The average molecular weight is 465 g/mol. The zero-order valence-corrected chi connectivity index (χ0v) is 20.3. The summed E-state index contributed by atoms with van der Waals surface area (Å²) in [5.74, 6) is 1.35. The minimum atomic E-state index is -3.55. The lowest BCUT2D eigenvalue weighted by molar-refractivity contribution is -0.123. The van der Waals surface area contributed by atoms with Crippen LogP contribution in [0.5, 0.6) is 17.2 Å². The summed E-state index contributed by atoms with van der Waals surface area (Å²) in [6.45, 7) is 7.81. The third-order valence-electron chi connectivity index (χ3n) is 5.13. The van der Waals surface area contributed by atoms with Crippen LogP contribution in [0, 0.1) is 6.92 Å². The third-order valence-corrected chi connectivity index (χ3v) is 7.18. The first kappa shape index (κ1) is 25.5. The van der Waals surface area contributed by atoms with Crippen molar-refractivity contribution in [2.45, 2.75) is 38.6 Å². The standard InChI is InChI=1S/C23H32N2O6S/c1-7-25(8-2)32(27,28)19-10-12-20(16(3)13-19)31-15-23(26)24-17(4)18-9-11-21(29-5)22(14-18)30-6/h9-14,17H,7-8,15H2,1-6H3,(H,24,26)/t17-/m1/s1. The first-order valence-electron chi connectivity index (χ1n) is 10.4. The van der Waals surface area contributed by atoms with Gasteiger partial charge in [0.05, 0.1) is 25.2 Å². The van der Waals surface area contributed by atoms with E-state index in [9.17, 15) is 13.2 Å². The van der Waals surface area contributed by atoms with Crippen LogP contribution < -0.4 is 19.5 Å². The van der Waals surface area contributed by atoms with E-state index < -0.39 is 10.0 Å². The molecule has 0 aromatic heterocycles. The van der Waals surface area contributed by atoms with Crippen LogP contribution in [0.25, 0.3) is 0 Å². The van der Waals surface area contributed by atoms with Gasteiger partial charge in [-0.3, -0.25) is 4.79 Å². The van der Waals surface area contributed by atoms with E-state index in [1.165, 1.54) is 10.4 Å². The summed E-state index contributed by atoms with van der Waals surface area (Å²) in [6.07, 6.45) is 0. The molecule has 0 heterocycles. The Hall–Kier alpha value is -2.78. The molecule has 0 spiro atoms. The first-order chi connectivity index (χ1) is 15.2. The van der Waals surface area contributed by atoms with Gasteiger partial charge in [-0.2, -0.15) is 4.31 Å². The number of nitrogens with zero attached hydrogens (tertiary/aromatic N) is 1. The van der Waals surface area contributed by atoms with Gasteiger partial charge in [-0.15, -0.1) is 0 Å². The van der Waals surface area contributed by atoms with Crippen LogP contribution in [0.3, 0.4) is 0 Å². The number of sulfonamides is 1. The lowest BCUT2D eigenvalue weighted by Crippen LogP contribution is -2.31. The number of carbonyl (C=O) groups is 1. The highest BCUT2D eigenvalue weighted by Crippen LogP contribution is 2.30. The van der Waals surface area contributed by atoms with Crippen molar-refractivity contribution >= 4 is 15.9 Å². The van der Waals surface area contributed by atoms with Gasteiger partial charge < -0.3 is 19.5 Å². The Morgan fingerprint density at radius 3 is 2.19 bits per heavy atom. The van der Waals surface area contributed by atoms with Crippen LogP contribution in [0.4, 0.5) is 0 Å². The van der Waals surface area contributed by atoms with Crippen LogP contribution in [-0.4, -0.2) is 52.5 Å². The summed E-state index contributed by atoms with van der Waals surface area (Å²) in [5, 5.41) is 2.88. The third kappa shape index (κ3) is 5.92. The quantitative estimate of drug-likeness (QED) is 0.548. The number of benzene rings is 2. The Morgan fingerprint density at radius 1 is 1.00 bits per heavy atom. The van der Waals surface area contributed by atoms with E-state index in [0.29, 0.717) is 35.9 Å². The van der Waals surface area contributed by atoms with E-state index >= 15 is 0 Å². The van der Waals surface area contributed by atoms with Gasteiger partial charge in [0.1, 0.15) is 5.75 Å². The molecular weight excluding hydrogens is 432 g/mol. The SMILES string of the molecule is CCN(CC)S(=O)(=O)c1ccc(OCC(=O)N[C@H](C)c2ccc(OC)c(OC)c2)c(C)c1. The van der Waals surface area contributed by atoms with Gasteiger partial charge in [0.25, 0.3) is 5.91 Å². The molecule has 0 radical (unpaired) electrons. The molecule has 0 saturated carbocycles. The van der Waals surface area contributed by atoms with E-state index in [1.54, 1.807) is 53.2 Å². The maximum Gasteiger partial charge on any atom is 0.258 e. The van der Waals surface area contributed by atoms with Gasteiger partial charge in [-0.05, 0) is 55.3 Å². The van der Waals surface area contributed by atoms with E-state index in [-0.39, 0.29) is 23.5 Å². The number of hydrogen-bond acceptors (Lipinski definition) is 6. The molecule has 0 fully saturated rings. The zero-order valence-electron chi connectivity index (χ0n) is 19.5. The molecule has 0 unspecified atom stereocenters. The van der Waals surface area contributed by atoms with Gasteiger partial charge in [-0.1, -0.05) is 19.9 Å². The van der Waals surface area contributed by atoms with Crippen molar-refractivity contribution in [1.82, 2.24) is 9.62 Å². The van der Waals surface area contributed by atoms with Crippen molar-refractivity contribution in [3.63, 3.8) is 0 Å². The second-order valence-corrected chi connectivity index (χ2v) is 9.15. The fourth-order valence-corrected chi connectivity index (χ4v) is 4.83. The summed E-state index contributed by atoms with van der Waals surface area (Å²) in [4.78, 5) is 12.6. The predicted molar refractivity (Wildman–Crippen MR) is 123 cm³/mol. The number of aryl methyl sites for hydroxylation is 1. The fraction of sp³-hybridized carbons (Fsp3) is 0.435. The van der Waals surface area contributed by atoms with Crippen LogP contribution in [0.1, 0.15) is 37.9 Å². The largest absolute Gasteiger partial charge is 0.493 e. The van der Waals surface area contributed by atoms with Crippen LogP contribution >= 0.6 is 0 Å². The summed E-state index contributed by atoms with van der Waals surface area (Å²) in [7, 11) is -0.432. The number of carbonyl (C=O) groups excluding carboxylic acids is 1. The Kier molecular flexibility index (Phi) is 8.91. The molecular formula is C23H32N2O6S. The molecule has 1 amide bonds. The van der Waals surface area contributed by atoms with Crippen molar-refractivity contribution in [3.05, 3.63) is 47.5 Å². The summed E-state index contributed by atoms with van der Waals surface area (Å²) >= 11 is 0. The number of hydrogen-bond donors (Lipinski definition) is 1. The number of rotatable bonds is 11. The molecule has 8 nitrogen and oxygen atoms in total. The molecule has 2 rings (SSSR count). The first-order valence-corrected chi connectivity index (χ1v) is 11.9. The summed E-state index contributed by atoms with van der Waals surface area (Å²) < 4.78 is 42.9. The van der Waals surface area contributed by atoms with Gasteiger partial charge in [0.2, 0.25) is 10.0 Å². The predicted octanol–water partition coefficient (Wildman–Crippen LogP) is 3.30. The minimum Gasteiger partial charge on any atom is -0.493 e. The van der Waals surface area contributed by atoms with Crippen LogP contribution in [0.15, 0.2) is 41.3 Å². The molecule has 9 heteroatoms. The topological polar surface area (TPSA) is 94.2 Å². The Labute approximate surface area is 190 Å². The maximum absolute atomic E-state index is 12.7. The van der Waals surface area contributed by atoms with Crippen molar-refractivity contribution in [2.24, 2.45) is 0 Å². The zero-order chi connectivity index (χ0) is 23.9. The minimum absolute atomic E-state index is 0.194. The van der Waals surface area contributed by atoms with E-state index in [4.69, 9.17) is 14.2 Å². The number of ether oxygens (including phenoxy) is 3. The molecule has 0 aliphatic carbocycles. The normalized spacial score (nSPS) is 12.3. The average Bonchev–Trinajstić information content (AvgIpc) is 2.78. The molecule has 0 aliphatic rings. The lowest BCUT2D eigenvalue weighted by Gasteiger charge is -2.19. The second-order valence-electron chi connectivity index (χ2n) is 7.21. The number of nitrogens with one attached hydrogen (secondary N) is 1. The molecule has 1 atom stereocenters. The molecule has 2 aromatic carbocycles. The molecule has 0 aliphatic heterocycles. The van der Waals surface area contributed by atoms with E-state index in [1.807, 2.05) is 19.1 Å². The Morgan fingerprint density at radius 2 is 1.62 bits per heavy atom. The van der Waals surface area contributed by atoms with Gasteiger partial charge in [-0.25, -0.2) is 8.42 Å². The summed E-state index contributed by atoms with van der Waals surface area (Å²) in [6, 6.07) is 9.82.